The highest BCUT2D eigenvalue weighted by Crippen LogP contribution is 2.32. The molecule has 4 rings (SSSR count). The number of carbonyl (C=O) groups is 1. The first-order valence-corrected chi connectivity index (χ1v) is 7.74. The van der Waals surface area contributed by atoms with Crippen LogP contribution in [0.5, 0.6) is 0 Å². The van der Waals surface area contributed by atoms with Crippen LogP contribution in [0.4, 0.5) is 4.39 Å². The zero-order chi connectivity index (χ0) is 15.8. The van der Waals surface area contributed by atoms with Gasteiger partial charge in [0.15, 0.2) is 0 Å². The number of aromatic nitrogens is 2. The molecule has 1 amide bonds. The van der Waals surface area contributed by atoms with Crippen LogP contribution in [0, 0.1) is 5.82 Å². The molecular weight excluding hydrogens is 293 g/mol. The van der Waals surface area contributed by atoms with Gasteiger partial charge in [-0.05, 0) is 37.1 Å². The van der Waals surface area contributed by atoms with E-state index in [-0.39, 0.29) is 17.5 Å². The third-order valence-corrected chi connectivity index (χ3v) is 4.34. The number of nitrogens with zero attached hydrogens (tertiary/aromatic N) is 2. The number of carbonyl (C=O) groups excluding carboxylic acids is 1. The van der Waals surface area contributed by atoms with Crippen molar-refractivity contribution >= 4 is 16.9 Å². The van der Waals surface area contributed by atoms with Crippen LogP contribution in [-0.2, 0) is 0 Å². The fourth-order valence-electron chi connectivity index (χ4n) is 3.21. The van der Waals surface area contributed by atoms with E-state index in [0.29, 0.717) is 6.54 Å². The van der Waals surface area contributed by atoms with Crippen LogP contribution in [0.25, 0.3) is 11.0 Å². The molecule has 116 valence electrons. The van der Waals surface area contributed by atoms with Gasteiger partial charge in [-0.1, -0.05) is 24.3 Å². The van der Waals surface area contributed by atoms with Crippen molar-refractivity contribution in [2.24, 2.45) is 0 Å². The molecule has 0 unspecified atom stereocenters. The molecule has 4 nitrogen and oxygen atoms in total. The Labute approximate surface area is 133 Å². The summed E-state index contributed by atoms with van der Waals surface area (Å²) in [6, 6.07) is 13.8. The highest BCUT2D eigenvalue weighted by atomic mass is 19.1. The summed E-state index contributed by atoms with van der Waals surface area (Å²) in [7, 11) is 0. The highest BCUT2D eigenvalue weighted by molar-refractivity contribution is 5.95. The summed E-state index contributed by atoms with van der Waals surface area (Å²) in [6.45, 7) is 0.620. The maximum Gasteiger partial charge on any atom is 0.257 e. The Morgan fingerprint density at radius 3 is 2.78 bits per heavy atom. The fraction of sp³-hybridized carbons (Fsp3) is 0.222. The van der Waals surface area contributed by atoms with Gasteiger partial charge in [0, 0.05) is 6.54 Å². The topological polar surface area (TPSA) is 49.0 Å². The molecular formula is C18H16FN3O. The molecule has 1 aromatic heterocycles. The molecule has 0 saturated carbocycles. The average Bonchev–Trinajstić information content (AvgIpc) is 3.21. The quantitative estimate of drug-likeness (QED) is 0.785. The van der Waals surface area contributed by atoms with E-state index in [2.05, 4.69) is 9.97 Å². The second-order valence-corrected chi connectivity index (χ2v) is 5.78. The van der Waals surface area contributed by atoms with Gasteiger partial charge in [-0.15, -0.1) is 0 Å². The van der Waals surface area contributed by atoms with Crippen LogP contribution < -0.4 is 0 Å². The van der Waals surface area contributed by atoms with Crippen LogP contribution in [0.3, 0.4) is 0 Å². The lowest BCUT2D eigenvalue weighted by Crippen LogP contribution is -2.31. The van der Waals surface area contributed by atoms with Gasteiger partial charge in [-0.3, -0.25) is 4.79 Å². The minimum Gasteiger partial charge on any atom is -0.340 e. The van der Waals surface area contributed by atoms with Gasteiger partial charge < -0.3 is 9.88 Å². The predicted molar refractivity (Wildman–Crippen MR) is 85.5 cm³/mol. The summed E-state index contributed by atoms with van der Waals surface area (Å²) in [5, 5.41) is 0. The second-order valence-electron chi connectivity index (χ2n) is 5.78. The predicted octanol–water partition coefficient (Wildman–Crippen LogP) is 3.68. The summed E-state index contributed by atoms with van der Waals surface area (Å²) >= 11 is 0. The number of rotatable bonds is 2. The van der Waals surface area contributed by atoms with Crippen LogP contribution in [0.2, 0.25) is 0 Å². The lowest BCUT2D eigenvalue weighted by atomic mass is 10.1. The Morgan fingerprint density at radius 2 is 1.96 bits per heavy atom. The van der Waals surface area contributed by atoms with Gasteiger partial charge >= 0.3 is 0 Å². The van der Waals surface area contributed by atoms with Crippen molar-refractivity contribution in [3.63, 3.8) is 0 Å². The molecule has 1 aliphatic heterocycles. The van der Waals surface area contributed by atoms with E-state index < -0.39 is 5.82 Å². The minimum atomic E-state index is -0.479. The summed E-state index contributed by atoms with van der Waals surface area (Å²) in [6.07, 6.45) is 1.72. The smallest absolute Gasteiger partial charge is 0.257 e. The number of imidazole rings is 1. The first kappa shape index (κ1) is 13.9. The second kappa shape index (κ2) is 5.50. The Bertz CT molecular complexity index is 840. The normalized spacial score (nSPS) is 17.8. The van der Waals surface area contributed by atoms with Gasteiger partial charge in [-0.25, -0.2) is 9.37 Å². The number of hydrogen-bond acceptors (Lipinski definition) is 2. The molecule has 2 heterocycles. The molecule has 5 heteroatoms. The van der Waals surface area contributed by atoms with Crippen LogP contribution in [0.1, 0.15) is 35.1 Å². The zero-order valence-corrected chi connectivity index (χ0v) is 12.5. The number of benzene rings is 2. The monoisotopic (exact) mass is 309 g/mol. The van der Waals surface area contributed by atoms with Gasteiger partial charge in [0.1, 0.15) is 11.6 Å². The van der Waals surface area contributed by atoms with E-state index in [1.807, 2.05) is 24.3 Å². The van der Waals surface area contributed by atoms with Crippen molar-refractivity contribution in [1.29, 1.82) is 0 Å². The third-order valence-electron chi connectivity index (χ3n) is 4.34. The van der Waals surface area contributed by atoms with E-state index >= 15 is 0 Å². The molecule has 3 aromatic rings. The van der Waals surface area contributed by atoms with Gasteiger partial charge in [0.25, 0.3) is 5.91 Å². The Kier molecular flexibility index (Phi) is 3.33. The minimum absolute atomic E-state index is 0.121. The molecule has 23 heavy (non-hydrogen) atoms. The number of aromatic amines is 1. The van der Waals surface area contributed by atoms with Crippen molar-refractivity contribution in [1.82, 2.24) is 14.9 Å². The number of hydrogen-bond donors (Lipinski definition) is 1. The molecule has 0 aliphatic carbocycles. The number of H-pyrrole nitrogens is 1. The average molecular weight is 309 g/mol. The maximum atomic E-state index is 13.9. The summed E-state index contributed by atoms with van der Waals surface area (Å²) in [5.41, 5.74) is 1.95. The molecule has 0 radical (unpaired) electrons. The first-order chi connectivity index (χ1) is 11.2. The Morgan fingerprint density at radius 1 is 1.17 bits per heavy atom. The number of para-hydroxylation sites is 2. The number of nitrogens with one attached hydrogen (secondary N) is 1. The molecule has 1 saturated heterocycles. The van der Waals surface area contributed by atoms with Crippen molar-refractivity contribution < 1.29 is 9.18 Å². The Hall–Kier alpha value is -2.69. The van der Waals surface area contributed by atoms with E-state index in [4.69, 9.17) is 0 Å². The molecule has 1 aliphatic rings. The maximum absolute atomic E-state index is 13.9. The molecule has 1 fully saturated rings. The molecule has 0 bridgehead atoms. The van der Waals surface area contributed by atoms with Gasteiger partial charge in [0.05, 0.1) is 22.6 Å². The van der Waals surface area contributed by atoms with Gasteiger partial charge in [0.2, 0.25) is 0 Å². The van der Waals surface area contributed by atoms with E-state index in [9.17, 15) is 9.18 Å². The van der Waals surface area contributed by atoms with Crippen molar-refractivity contribution in [2.75, 3.05) is 6.54 Å². The number of fused-ring (bicyclic) bond motifs is 1. The van der Waals surface area contributed by atoms with Crippen molar-refractivity contribution in [3.05, 3.63) is 65.7 Å². The molecule has 0 spiro atoms. The highest BCUT2D eigenvalue weighted by Gasteiger charge is 2.33. The van der Waals surface area contributed by atoms with E-state index in [0.717, 1.165) is 29.7 Å². The van der Waals surface area contributed by atoms with Gasteiger partial charge in [-0.2, -0.15) is 0 Å². The van der Waals surface area contributed by atoms with Crippen molar-refractivity contribution in [2.45, 2.75) is 18.9 Å². The Balaban J connectivity index is 1.69. The standard InChI is InChI=1S/C18H16FN3O/c19-13-7-2-1-6-12(13)18(23)22-11-5-10-16(22)17-20-14-8-3-4-9-15(14)21-17/h1-4,6-9,16H,5,10-11H2,(H,20,21)/t16-/m1/s1. The molecule has 1 atom stereocenters. The molecule has 1 N–H and O–H groups in total. The lowest BCUT2D eigenvalue weighted by molar-refractivity contribution is 0.0726. The van der Waals surface area contributed by atoms with E-state index in [1.165, 1.54) is 12.1 Å². The number of likely N-dealkylation sites (tertiary alicyclic amines) is 1. The molecule has 2 aromatic carbocycles. The van der Waals surface area contributed by atoms with Crippen LogP contribution in [-0.4, -0.2) is 27.3 Å². The fourth-order valence-corrected chi connectivity index (χ4v) is 3.21. The van der Waals surface area contributed by atoms with Crippen LogP contribution in [0.15, 0.2) is 48.5 Å². The lowest BCUT2D eigenvalue weighted by Gasteiger charge is -2.23. The third kappa shape index (κ3) is 2.38. The summed E-state index contributed by atoms with van der Waals surface area (Å²) < 4.78 is 13.9. The number of halogens is 1. The summed E-state index contributed by atoms with van der Waals surface area (Å²) in [4.78, 5) is 22.3. The zero-order valence-electron chi connectivity index (χ0n) is 12.5. The van der Waals surface area contributed by atoms with Crippen molar-refractivity contribution in [3.8, 4) is 0 Å². The largest absolute Gasteiger partial charge is 0.340 e. The van der Waals surface area contributed by atoms with E-state index in [1.54, 1.807) is 17.0 Å². The summed E-state index contributed by atoms with van der Waals surface area (Å²) in [5.74, 6) is 0.0206. The SMILES string of the molecule is O=C(c1ccccc1F)N1CCC[C@@H]1c1nc2ccccc2[nH]1. The number of amides is 1. The first-order valence-electron chi connectivity index (χ1n) is 7.74. The van der Waals surface area contributed by atoms with Crippen LogP contribution >= 0.6 is 0 Å².